The molecule has 0 spiro atoms. The van der Waals surface area contributed by atoms with Gasteiger partial charge in [-0.3, -0.25) is 4.68 Å². The predicted molar refractivity (Wildman–Crippen MR) is 63.6 cm³/mol. The minimum absolute atomic E-state index is 0.439. The lowest BCUT2D eigenvalue weighted by molar-refractivity contribution is -0.0266. The van der Waals surface area contributed by atoms with E-state index in [-0.39, 0.29) is 0 Å². The van der Waals surface area contributed by atoms with E-state index in [9.17, 15) is 0 Å². The predicted octanol–water partition coefficient (Wildman–Crippen LogP) is 2.56. The molecule has 0 atom stereocenters. The lowest BCUT2D eigenvalue weighted by Gasteiger charge is -2.26. The Morgan fingerprint density at radius 1 is 1.44 bits per heavy atom. The smallest absolute Gasteiger partial charge is 0.0992 e. The average Bonchev–Trinajstić information content (AvgIpc) is 2.60. The molecule has 0 N–H and O–H groups in total. The molecule has 1 aromatic carbocycles. The van der Waals surface area contributed by atoms with E-state index in [0.29, 0.717) is 6.04 Å². The Balaban J connectivity index is 2.04. The average molecular weight is 216 g/mol. The molecular weight excluding hydrogens is 200 g/mol. The van der Waals surface area contributed by atoms with Gasteiger partial charge in [-0.1, -0.05) is 25.5 Å². The normalized spacial score (nSPS) is 16.6. The zero-order valence-corrected chi connectivity index (χ0v) is 9.52. The highest BCUT2D eigenvalue weighted by Gasteiger charge is 2.22. The van der Waals surface area contributed by atoms with Gasteiger partial charge in [0.2, 0.25) is 0 Å². The zero-order chi connectivity index (χ0) is 11.0. The molecular formula is C13H16N2O. The van der Waals surface area contributed by atoms with Gasteiger partial charge in [0.05, 0.1) is 31.0 Å². The quantitative estimate of drug-likeness (QED) is 0.788. The van der Waals surface area contributed by atoms with E-state index in [1.807, 2.05) is 6.20 Å². The van der Waals surface area contributed by atoms with Crippen LogP contribution in [0.1, 0.15) is 24.9 Å². The number of hydrogen-bond donors (Lipinski definition) is 0. The van der Waals surface area contributed by atoms with Crippen molar-refractivity contribution in [3.8, 4) is 0 Å². The molecule has 1 aliphatic rings. The highest BCUT2D eigenvalue weighted by Crippen LogP contribution is 2.24. The number of fused-ring (bicyclic) bond motifs is 1. The Bertz CT molecular complexity index is 500. The number of aryl methyl sites for hydroxylation is 1. The van der Waals surface area contributed by atoms with Crippen molar-refractivity contribution in [2.45, 2.75) is 25.8 Å². The Morgan fingerprint density at radius 3 is 3.00 bits per heavy atom. The molecule has 84 valence electrons. The summed E-state index contributed by atoms with van der Waals surface area (Å²) in [4.78, 5) is 0. The largest absolute Gasteiger partial charge is 0.377 e. The molecule has 0 bridgehead atoms. The second-order valence-electron chi connectivity index (χ2n) is 4.42. The molecule has 3 nitrogen and oxygen atoms in total. The molecule has 0 saturated carbocycles. The molecule has 1 fully saturated rings. The van der Waals surface area contributed by atoms with Crippen LogP contribution in [0.5, 0.6) is 0 Å². The van der Waals surface area contributed by atoms with Crippen LogP contribution in [0.2, 0.25) is 0 Å². The molecule has 1 aromatic heterocycles. The third kappa shape index (κ3) is 1.52. The van der Waals surface area contributed by atoms with Gasteiger partial charge in [-0.05, 0) is 18.1 Å². The van der Waals surface area contributed by atoms with Crippen molar-refractivity contribution in [2.75, 3.05) is 13.2 Å². The standard InChI is InChI=1S/C13H16N2O/c1-2-3-10-4-5-11-7-14-15(13(11)6-10)12-8-16-9-12/h4-7,12H,2-3,8-9H2,1H3. The number of aromatic nitrogens is 2. The van der Waals surface area contributed by atoms with Crippen molar-refractivity contribution < 1.29 is 4.74 Å². The molecule has 2 heterocycles. The first-order chi connectivity index (χ1) is 7.88. The van der Waals surface area contributed by atoms with Crippen LogP contribution in [0.15, 0.2) is 24.4 Å². The van der Waals surface area contributed by atoms with Crippen molar-refractivity contribution in [3.05, 3.63) is 30.0 Å². The van der Waals surface area contributed by atoms with Gasteiger partial charge in [0.1, 0.15) is 0 Å². The first-order valence-corrected chi connectivity index (χ1v) is 5.92. The van der Waals surface area contributed by atoms with E-state index >= 15 is 0 Å². The summed E-state index contributed by atoms with van der Waals surface area (Å²) in [5.41, 5.74) is 2.65. The zero-order valence-electron chi connectivity index (χ0n) is 9.52. The Hall–Kier alpha value is -1.35. The van der Waals surface area contributed by atoms with Gasteiger partial charge >= 0.3 is 0 Å². The van der Waals surface area contributed by atoms with Crippen molar-refractivity contribution in [2.24, 2.45) is 0 Å². The molecule has 0 amide bonds. The van der Waals surface area contributed by atoms with Gasteiger partial charge in [-0.25, -0.2) is 0 Å². The molecule has 3 heteroatoms. The maximum Gasteiger partial charge on any atom is 0.0992 e. The summed E-state index contributed by atoms with van der Waals surface area (Å²) in [6, 6.07) is 7.08. The molecule has 0 unspecified atom stereocenters. The summed E-state index contributed by atoms with van der Waals surface area (Å²) in [7, 11) is 0. The van der Waals surface area contributed by atoms with Crippen LogP contribution in [-0.2, 0) is 11.2 Å². The van der Waals surface area contributed by atoms with Crippen molar-refractivity contribution in [1.82, 2.24) is 9.78 Å². The summed E-state index contributed by atoms with van der Waals surface area (Å²) in [5.74, 6) is 0. The number of benzene rings is 1. The lowest BCUT2D eigenvalue weighted by Crippen LogP contribution is -2.31. The number of ether oxygens (including phenoxy) is 1. The van der Waals surface area contributed by atoms with Crippen molar-refractivity contribution in [1.29, 1.82) is 0 Å². The highest BCUT2D eigenvalue weighted by atomic mass is 16.5. The maximum atomic E-state index is 5.22. The maximum absolute atomic E-state index is 5.22. The Morgan fingerprint density at radius 2 is 2.31 bits per heavy atom. The summed E-state index contributed by atoms with van der Waals surface area (Å²) in [5, 5.41) is 5.68. The van der Waals surface area contributed by atoms with Crippen LogP contribution >= 0.6 is 0 Å². The number of hydrogen-bond acceptors (Lipinski definition) is 2. The lowest BCUT2D eigenvalue weighted by atomic mass is 10.1. The first kappa shape index (κ1) is 9.85. The summed E-state index contributed by atoms with van der Waals surface area (Å²) in [6.45, 7) is 3.81. The SMILES string of the molecule is CCCc1ccc2cnn(C3COC3)c2c1. The van der Waals surface area contributed by atoms with Gasteiger partial charge in [-0.15, -0.1) is 0 Å². The van der Waals surface area contributed by atoms with Gasteiger partial charge in [0.15, 0.2) is 0 Å². The summed E-state index contributed by atoms with van der Waals surface area (Å²) in [6.07, 6.45) is 4.28. The third-order valence-corrected chi connectivity index (χ3v) is 3.17. The summed E-state index contributed by atoms with van der Waals surface area (Å²) < 4.78 is 7.33. The Labute approximate surface area is 95.0 Å². The van der Waals surface area contributed by atoms with Crippen LogP contribution in [0, 0.1) is 0 Å². The molecule has 1 aliphatic heterocycles. The fourth-order valence-corrected chi connectivity index (χ4v) is 2.18. The van der Waals surface area contributed by atoms with Crippen molar-refractivity contribution >= 4 is 10.9 Å². The van der Waals surface area contributed by atoms with E-state index in [1.54, 1.807) is 0 Å². The fraction of sp³-hybridized carbons (Fsp3) is 0.462. The minimum Gasteiger partial charge on any atom is -0.377 e. The van der Waals surface area contributed by atoms with Gasteiger partial charge in [0, 0.05) is 5.39 Å². The minimum atomic E-state index is 0.439. The molecule has 2 aromatic rings. The molecule has 1 saturated heterocycles. The monoisotopic (exact) mass is 216 g/mol. The summed E-state index contributed by atoms with van der Waals surface area (Å²) >= 11 is 0. The molecule has 0 radical (unpaired) electrons. The number of nitrogens with zero attached hydrogens (tertiary/aromatic N) is 2. The first-order valence-electron chi connectivity index (χ1n) is 5.92. The van der Waals surface area contributed by atoms with E-state index in [2.05, 4.69) is 34.9 Å². The van der Waals surface area contributed by atoms with E-state index in [0.717, 1.165) is 19.6 Å². The van der Waals surface area contributed by atoms with E-state index in [4.69, 9.17) is 4.74 Å². The molecule has 16 heavy (non-hydrogen) atoms. The van der Waals surface area contributed by atoms with Gasteiger partial charge < -0.3 is 4.74 Å². The second kappa shape index (κ2) is 3.91. The molecule has 3 rings (SSSR count). The van der Waals surface area contributed by atoms with Gasteiger partial charge in [0.25, 0.3) is 0 Å². The third-order valence-electron chi connectivity index (χ3n) is 3.17. The van der Waals surface area contributed by atoms with Crippen LogP contribution in [-0.4, -0.2) is 23.0 Å². The second-order valence-corrected chi connectivity index (χ2v) is 4.42. The van der Waals surface area contributed by atoms with Crippen LogP contribution in [0.25, 0.3) is 10.9 Å². The van der Waals surface area contributed by atoms with Gasteiger partial charge in [-0.2, -0.15) is 5.10 Å². The van der Waals surface area contributed by atoms with Crippen LogP contribution < -0.4 is 0 Å². The van der Waals surface area contributed by atoms with Crippen LogP contribution in [0.4, 0.5) is 0 Å². The molecule has 0 aliphatic carbocycles. The highest BCUT2D eigenvalue weighted by molar-refractivity contribution is 5.79. The fourth-order valence-electron chi connectivity index (χ4n) is 2.18. The Kier molecular flexibility index (Phi) is 2.40. The van der Waals surface area contributed by atoms with E-state index < -0.39 is 0 Å². The number of rotatable bonds is 3. The van der Waals surface area contributed by atoms with E-state index in [1.165, 1.54) is 22.9 Å². The van der Waals surface area contributed by atoms with Crippen LogP contribution in [0.3, 0.4) is 0 Å². The topological polar surface area (TPSA) is 27.1 Å². The van der Waals surface area contributed by atoms with Crippen molar-refractivity contribution in [3.63, 3.8) is 0 Å².